The summed E-state index contributed by atoms with van der Waals surface area (Å²) >= 11 is 0. The Hall–Kier alpha value is -3.59. The number of benzene rings is 1. The number of ether oxygens (including phenoxy) is 3. The van der Waals surface area contributed by atoms with Crippen molar-refractivity contribution in [2.24, 2.45) is 0 Å². The van der Waals surface area contributed by atoms with Gasteiger partial charge in [0.15, 0.2) is 11.5 Å². The number of carbonyl (C=O) groups excluding carboxylic acids is 1. The van der Waals surface area contributed by atoms with Crippen LogP contribution in [0.5, 0.6) is 11.5 Å². The number of allylic oxidation sites excluding steroid dienone is 1. The van der Waals surface area contributed by atoms with Crippen LogP contribution in [0, 0.1) is 13.8 Å². The third-order valence-corrected chi connectivity index (χ3v) is 7.99. The second-order valence-electron chi connectivity index (χ2n) is 10.6. The molecule has 206 valence electrons. The van der Waals surface area contributed by atoms with Gasteiger partial charge >= 0.3 is 0 Å². The molecule has 6 rings (SSSR count). The highest BCUT2D eigenvalue weighted by molar-refractivity contribution is 5.86. The normalized spacial score (nSPS) is 17.0. The van der Waals surface area contributed by atoms with Gasteiger partial charge in [-0.05, 0) is 58.1 Å². The number of aromatic nitrogens is 2. The predicted octanol–water partition coefficient (Wildman–Crippen LogP) is 4.87. The Morgan fingerprint density at radius 3 is 2.64 bits per heavy atom. The average molecular weight is 533 g/mol. The van der Waals surface area contributed by atoms with E-state index in [1.54, 1.807) is 0 Å². The zero-order valence-corrected chi connectivity index (χ0v) is 22.8. The van der Waals surface area contributed by atoms with Crippen LogP contribution in [0.3, 0.4) is 0 Å². The molecule has 1 aromatic carbocycles. The van der Waals surface area contributed by atoms with Gasteiger partial charge in [-0.2, -0.15) is 0 Å². The molecule has 0 N–H and O–H groups in total. The van der Waals surface area contributed by atoms with Gasteiger partial charge in [-0.15, -0.1) is 0 Å². The molecular formula is C30H36N4O5. The molecule has 0 bridgehead atoms. The van der Waals surface area contributed by atoms with Gasteiger partial charge in [0.2, 0.25) is 12.7 Å². The third-order valence-electron chi connectivity index (χ3n) is 7.99. The van der Waals surface area contributed by atoms with Crippen molar-refractivity contribution in [1.82, 2.24) is 15.0 Å². The monoisotopic (exact) mass is 532 g/mol. The van der Waals surface area contributed by atoms with Crippen LogP contribution in [0.15, 0.2) is 34.4 Å². The molecule has 4 heterocycles. The Morgan fingerprint density at radius 2 is 1.90 bits per heavy atom. The molecule has 3 aromatic rings. The number of aryl methyl sites for hydroxylation is 2. The Balaban J connectivity index is 1.34. The van der Waals surface area contributed by atoms with E-state index >= 15 is 0 Å². The first kappa shape index (κ1) is 25.7. The lowest BCUT2D eigenvalue weighted by molar-refractivity contribution is -0.131. The van der Waals surface area contributed by atoms with Crippen LogP contribution < -0.4 is 14.4 Å². The van der Waals surface area contributed by atoms with E-state index in [2.05, 4.69) is 22.2 Å². The van der Waals surface area contributed by atoms with Gasteiger partial charge in [0, 0.05) is 48.8 Å². The maximum atomic E-state index is 13.8. The zero-order valence-electron chi connectivity index (χ0n) is 22.8. The van der Waals surface area contributed by atoms with Crippen molar-refractivity contribution in [3.05, 3.63) is 52.4 Å². The van der Waals surface area contributed by atoms with Crippen molar-refractivity contribution in [3.63, 3.8) is 0 Å². The van der Waals surface area contributed by atoms with Gasteiger partial charge < -0.3 is 28.5 Å². The van der Waals surface area contributed by atoms with Crippen molar-refractivity contribution in [2.75, 3.05) is 44.5 Å². The molecule has 2 aliphatic heterocycles. The fraction of sp³-hybridized carbons (Fsp3) is 0.500. The fourth-order valence-electron chi connectivity index (χ4n) is 5.69. The van der Waals surface area contributed by atoms with Crippen LogP contribution in [0.4, 0.5) is 5.82 Å². The lowest BCUT2D eigenvalue weighted by Crippen LogP contribution is -2.39. The molecule has 3 aliphatic rings. The van der Waals surface area contributed by atoms with Gasteiger partial charge in [0.05, 0.1) is 30.8 Å². The summed E-state index contributed by atoms with van der Waals surface area (Å²) in [5.41, 5.74) is 4.97. The van der Waals surface area contributed by atoms with Crippen molar-refractivity contribution in [2.45, 2.75) is 58.9 Å². The molecule has 0 atom stereocenters. The van der Waals surface area contributed by atoms with E-state index in [0.29, 0.717) is 37.8 Å². The van der Waals surface area contributed by atoms with Crippen LogP contribution in [-0.4, -0.2) is 60.6 Å². The third kappa shape index (κ3) is 5.59. The minimum absolute atomic E-state index is 0.0690. The molecule has 2 aromatic heterocycles. The van der Waals surface area contributed by atoms with Gasteiger partial charge in [0.1, 0.15) is 11.6 Å². The molecule has 9 heteroatoms. The molecule has 0 saturated carbocycles. The van der Waals surface area contributed by atoms with E-state index in [-0.39, 0.29) is 19.1 Å². The Kier molecular flexibility index (Phi) is 7.41. The molecule has 9 nitrogen and oxygen atoms in total. The Morgan fingerprint density at radius 1 is 1.08 bits per heavy atom. The smallest absolute Gasteiger partial charge is 0.231 e. The highest BCUT2D eigenvalue weighted by Crippen LogP contribution is 2.37. The summed E-state index contributed by atoms with van der Waals surface area (Å²) in [6.07, 6.45) is 8.25. The molecular weight excluding hydrogens is 496 g/mol. The summed E-state index contributed by atoms with van der Waals surface area (Å²) in [5.74, 6) is 3.11. The summed E-state index contributed by atoms with van der Waals surface area (Å²) in [5, 5.41) is 5.04. The number of amides is 1. The first-order valence-electron chi connectivity index (χ1n) is 14.0. The van der Waals surface area contributed by atoms with Crippen LogP contribution in [0.25, 0.3) is 10.9 Å². The summed E-state index contributed by atoms with van der Waals surface area (Å²) in [6, 6.07) is 6.09. The van der Waals surface area contributed by atoms with E-state index in [4.69, 9.17) is 23.7 Å². The lowest BCUT2D eigenvalue weighted by atomic mass is 9.97. The average Bonchev–Trinajstić information content (AvgIpc) is 3.55. The number of fused-ring (bicyclic) bond motifs is 2. The fourth-order valence-corrected chi connectivity index (χ4v) is 5.69. The van der Waals surface area contributed by atoms with Gasteiger partial charge in [-0.3, -0.25) is 4.79 Å². The van der Waals surface area contributed by atoms with Crippen LogP contribution in [0.2, 0.25) is 0 Å². The number of nitrogens with zero attached hydrogens (tertiary/aromatic N) is 4. The summed E-state index contributed by atoms with van der Waals surface area (Å²) in [6.45, 7) is 7.94. The highest BCUT2D eigenvalue weighted by Gasteiger charge is 2.25. The van der Waals surface area contributed by atoms with E-state index in [1.807, 2.05) is 30.9 Å². The lowest BCUT2D eigenvalue weighted by Gasteiger charge is -2.31. The molecule has 0 spiro atoms. The molecule has 1 aliphatic carbocycles. The Labute approximate surface area is 228 Å². The van der Waals surface area contributed by atoms with Crippen molar-refractivity contribution >= 4 is 22.6 Å². The predicted molar refractivity (Wildman–Crippen MR) is 147 cm³/mol. The standard InChI is InChI=1S/C30H36N4O5/c1-20-25(21(2)39-32-20)16-29(35)34(9-8-22-6-4-3-5-7-22)18-24-14-23-15-27-28(38-19-37-27)17-26(23)31-30(24)33-10-12-36-13-11-33/h6,14-15,17H,3-5,7-13,16,18-19H2,1-2H3. The van der Waals surface area contributed by atoms with E-state index < -0.39 is 0 Å². The number of morpholine rings is 1. The van der Waals surface area contributed by atoms with E-state index in [9.17, 15) is 4.79 Å². The van der Waals surface area contributed by atoms with Gasteiger partial charge in [-0.25, -0.2) is 4.98 Å². The number of anilines is 1. The number of hydrogen-bond donors (Lipinski definition) is 0. The minimum Gasteiger partial charge on any atom is -0.454 e. The van der Waals surface area contributed by atoms with E-state index in [1.165, 1.54) is 18.4 Å². The van der Waals surface area contributed by atoms with Gasteiger partial charge in [0.25, 0.3) is 0 Å². The summed E-state index contributed by atoms with van der Waals surface area (Å²) in [4.78, 5) is 23.2. The highest BCUT2D eigenvalue weighted by atomic mass is 16.7. The van der Waals surface area contributed by atoms with Crippen LogP contribution in [-0.2, 0) is 22.5 Å². The quantitative estimate of drug-likeness (QED) is 0.380. The van der Waals surface area contributed by atoms with Crippen LogP contribution in [0.1, 0.15) is 54.7 Å². The van der Waals surface area contributed by atoms with E-state index in [0.717, 1.165) is 71.6 Å². The molecule has 39 heavy (non-hydrogen) atoms. The summed E-state index contributed by atoms with van der Waals surface area (Å²) < 4.78 is 22.2. The van der Waals surface area contributed by atoms with Crippen molar-refractivity contribution < 1.29 is 23.5 Å². The van der Waals surface area contributed by atoms with Crippen molar-refractivity contribution in [1.29, 1.82) is 0 Å². The largest absolute Gasteiger partial charge is 0.454 e. The molecule has 1 saturated heterocycles. The first-order chi connectivity index (χ1) is 19.0. The van der Waals surface area contributed by atoms with Crippen LogP contribution >= 0.6 is 0 Å². The molecule has 1 amide bonds. The SMILES string of the molecule is Cc1noc(C)c1CC(=O)N(CCC1=CCCCC1)Cc1cc2cc3c(cc2nc1N1CCOCC1)OCO3. The molecule has 0 unspecified atom stereocenters. The zero-order chi connectivity index (χ0) is 26.8. The number of hydrogen-bond acceptors (Lipinski definition) is 8. The minimum atomic E-state index is 0.0690. The summed E-state index contributed by atoms with van der Waals surface area (Å²) in [7, 11) is 0. The van der Waals surface area contributed by atoms with Crippen molar-refractivity contribution in [3.8, 4) is 11.5 Å². The first-order valence-corrected chi connectivity index (χ1v) is 14.0. The topological polar surface area (TPSA) is 90.2 Å². The Bertz CT molecular complexity index is 1370. The number of carbonyl (C=O) groups is 1. The van der Waals surface area contributed by atoms with Gasteiger partial charge in [-0.1, -0.05) is 16.8 Å². The second kappa shape index (κ2) is 11.3. The maximum Gasteiger partial charge on any atom is 0.231 e. The molecule has 1 fully saturated rings. The maximum absolute atomic E-state index is 13.8. The number of rotatable bonds is 8. The second-order valence-corrected chi connectivity index (χ2v) is 10.6. The number of pyridine rings is 1. The molecule has 0 radical (unpaired) electrons.